The first-order chi connectivity index (χ1) is 7.99. The molecule has 0 aliphatic carbocycles. The lowest BCUT2D eigenvalue weighted by atomic mass is 10.1. The first-order valence-corrected chi connectivity index (χ1v) is 5.19. The van der Waals surface area contributed by atoms with Gasteiger partial charge in [-0.2, -0.15) is 0 Å². The summed E-state index contributed by atoms with van der Waals surface area (Å²) in [6, 6.07) is -1.20. The molecule has 0 amide bonds. The maximum absolute atomic E-state index is 10.5. The van der Waals surface area contributed by atoms with E-state index < -0.39 is 24.1 Å². The number of hydrogen-bond donors (Lipinski definition) is 3. The van der Waals surface area contributed by atoms with Crippen LogP contribution >= 0.6 is 0 Å². The van der Waals surface area contributed by atoms with Gasteiger partial charge in [0.25, 0.3) is 0 Å². The van der Waals surface area contributed by atoms with Crippen LogP contribution in [-0.4, -0.2) is 48.1 Å². The largest absolute Gasteiger partial charge is 0.480 e. The summed E-state index contributed by atoms with van der Waals surface area (Å²) >= 11 is 0. The molecule has 0 bridgehead atoms. The Morgan fingerprint density at radius 1 is 1.24 bits per heavy atom. The molecular formula is C10H22FNO5. The topological polar surface area (TPSA) is 110 Å². The Balaban J connectivity index is -0.000000439. The second kappa shape index (κ2) is 14.8. The molecule has 0 saturated heterocycles. The van der Waals surface area contributed by atoms with E-state index in [-0.39, 0.29) is 13.0 Å². The van der Waals surface area contributed by atoms with Gasteiger partial charge in [0.05, 0.1) is 7.18 Å². The Labute approximate surface area is 101 Å². The van der Waals surface area contributed by atoms with E-state index in [1.54, 1.807) is 6.92 Å². The summed E-state index contributed by atoms with van der Waals surface area (Å²) in [4.78, 5) is 20.8. The van der Waals surface area contributed by atoms with Crippen LogP contribution in [-0.2, 0) is 14.3 Å². The molecule has 0 fully saturated rings. The zero-order valence-electron chi connectivity index (χ0n) is 10.6. The van der Waals surface area contributed by atoms with Crippen molar-refractivity contribution in [1.29, 1.82) is 0 Å². The molecule has 104 valence electrons. The summed E-state index contributed by atoms with van der Waals surface area (Å²) in [5.74, 6) is -2.43. The Kier molecular flexibility index (Phi) is 18.4. The summed E-state index contributed by atoms with van der Waals surface area (Å²) < 4.78 is 14.3. The fraction of sp³-hybridized carbons (Fsp3) is 0.800. The molecule has 0 radical (unpaired) electrons. The minimum Gasteiger partial charge on any atom is -0.480 e. The summed E-state index contributed by atoms with van der Waals surface area (Å²) in [5.41, 5.74) is 5.14. The average molecular weight is 255 g/mol. The van der Waals surface area contributed by atoms with Crippen LogP contribution in [0.3, 0.4) is 0 Å². The number of ether oxygens (including phenoxy) is 1. The molecule has 0 aromatic heterocycles. The van der Waals surface area contributed by atoms with Crippen molar-refractivity contribution in [2.24, 2.45) is 5.73 Å². The fourth-order valence-corrected chi connectivity index (χ4v) is 0.773. The van der Waals surface area contributed by atoms with Gasteiger partial charge in [0, 0.05) is 13.0 Å². The molecule has 7 heteroatoms. The van der Waals surface area contributed by atoms with Gasteiger partial charge in [-0.05, 0) is 6.92 Å². The lowest BCUT2D eigenvalue weighted by Gasteiger charge is -2.14. The van der Waals surface area contributed by atoms with Gasteiger partial charge in [-0.15, -0.1) is 0 Å². The zero-order chi connectivity index (χ0) is 14.4. The minimum atomic E-state index is -1.23. The molecule has 0 heterocycles. The lowest BCUT2D eigenvalue weighted by molar-refractivity contribution is -0.152. The van der Waals surface area contributed by atoms with Crippen LogP contribution in [0.4, 0.5) is 4.39 Å². The van der Waals surface area contributed by atoms with Crippen molar-refractivity contribution < 1.29 is 28.9 Å². The molecule has 6 nitrogen and oxygen atoms in total. The van der Waals surface area contributed by atoms with Gasteiger partial charge >= 0.3 is 11.9 Å². The van der Waals surface area contributed by atoms with E-state index in [0.29, 0.717) is 7.18 Å². The summed E-state index contributed by atoms with van der Waals surface area (Å²) in [7, 11) is 0.500. The average Bonchev–Trinajstić information content (AvgIpc) is 2.33. The van der Waals surface area contributed by atoms with E-state index in [9.17, 15) is 14.0 Å². The van der Waals surface area contributed by atoms with E-state index in [0.717, 1.165) is 0 Å². The fourth-order valence-electron chi connectivity index (χ4n) is 0.773. The van der Waals surface area contributed by atoms with Crippen LogP contribution in [0.15, 0.2) is 0 Å². The number of nitrogens with two attached hydrogens (primary N) is 1. The van der Waals surface area contributed by atoms with E-state index in [1.807, 2.05) is 13.8 Å². The van der Waals surface area contributed by atoms with Crippen molar-refractivity contribution in [2.75, 3.05) is 13.8 Å². The minimum absolute atomic E-state index is 0.212. The second-order valence-corrected chi connectivity index (χ2v) is 2.46. The summed E-state index contributed by atoms with van der Waals surface area (Å²) in [6.07, 6.45) is -1.37. The Hall–Kier alpha value is -1.21. The van der Waals surface area contributed by atoms with E-state index in [1.165, 1.54) is 0 Å². The van der Waals surface area contributed by atoms with Gasteiger partial charge in [0.15, 0.2) is 6.10 Å². The second-order valence-electron chi connectivity index (χ2n) is 2.46. The van der Waals surface area contributed by atoms with Crippen LogP contribution in [0.1, 0.15) is 27.2 Å². The van der Waals surface area contributed by atoms with Crippen molar-refractivity contribution in [3.05, 3.63) is 0 Å². The summed E-state index contributed by atoms with van der Waals surface area (Å²) in [5, 5.41) is 17.0. The highest BCUT2D eigenvalue weighted by atomic mass is 19.1. The molecular weight excluding hydrogens is 233 g/mol. The Morgan fingerprint density at radius 3 is 1.88 bits per heavy atom. The Bertz CT molecular complexity index is 201. The van der Waals surface area contributed by atoms with Gasteiger partial charge in [0.1, 0.15) is 6.04 Å². The molecule has 0 saturated carbocycles. The van der Waals surface area contributed by atoms with E-state index in [4.69, 9.17) is 20.7 Å². The third-order valence-corrected chi connectivity index (χ3v) is 1.43. The molecule has 0 spiro atoms. The predicted octanol–water partition coefficient (Wildman–Crippen LogP) is 0.890. The van der Waals surface area contributed by atoms with Gasteiger partial charge in [0.2, 0.25) is 0 Å². The quantitative estimate of drug-likeness (QED) is 0.650. The van der Waals surface area contributed by atoms with Crippen LogP contribution in [0.5, 0.6) is 0 Å². The maximum Gasteiger partial charge on any atom is 0.332 e. The van der Waals surface area contributed by atoms with Gasteiger partial charge < -0.3 is 20.7 Å². The normalized spacial score (nSPS) is 12.1. The predicted molar refractivity (Wildman–Crippen MR) is 61.7 cm³/mol. The number of aliphatic carboxylic acids is 2. The number of rotatable bonds is 6. The van der Waals surface area contributed by atoms with Crippen LogP contribution < -0.4 is 5.73 Å². The molecule has 2 atom stereocenters. The highest BCUT2D eigenvalue weighted by Gasteiger charge is 2.24. The number of carbonyl (C=O) groups is 2. The van der Waals surface area contributed by atoms with Crippen molar-refractivity contribution in [3.8, 4) is 0 Å². The maximum atomic E-state index is 10.5. The first kappa shape index (κ1) is 21.1. The van der Waals surface area contributed by atoms with Gasteiger partial charge in [-0.1, -0.05) is 13.8 Å². The van der Waals surface area contributed by atoms with E-state index >= 15 is 0 Å². The zero-order valence-corrected chi connectivity index (χ0v) is 10.6. The molecule has 0 aliphatic heterocycles. The number of carboxylic acids is 2. The smallest absolute Gasteiger partial charge is 0.332 e. The van der Waals surface area contributed by atoms with Crippen molar-refractivity contribution in [3.63, 3.8) is 0 Å². The Morgan fingerprint density at radius 2 is 1.65 bits per heavy atom. The van der Waals surface area contributed by atoms with Crippen LogP contribution in [0, 0.1) is 0 Å². The van der Waals surface area contributed by atoms with E-state index in [2.05, 4.69) is 0 Å². The van der Waals surface area contributed by atoms with Crippen LogP contribution in [0.2, 0.25) is 0 Å². The molecule has 0 aliphatic rings. The first-order valence-electron chi connectivity index (χ1n) is 5.19. The molecule has 0 rings (SSSR count). The van der Waals surface area contributed by atoms with Crippen molar-refractivity contribution >= 4 is 11.9 Å². The molecule has 17 heavy (non-hydrogen) atoms. The molecule has 0 aromatic rings. The lowest BCUT2D eigenvalue weighted by Crippen LogP contribution is -2.38. The standard InChI is InChI=1S/C7H13NO5.C2H6.CH3F/c1-2-13-5(7(11)12)3-4(8)6(9)10;2*1-2/h4-5H,2-3,8H2,1H3,(H,9,10)(H,11,12);1-2H3;1H3. The molecule has 2 unspecified atom stereocenters. The highest BCUT2D eigenvalue weighted by molar-refractivity contribution is 5.76. The number of halogens is 1. The van der Waals surface area contributed by atoms with Gasteiger partial charge in [-0.3, -0.25) is 9.18 Å². The summed E-state index contributed by atoms with van der Waals surface area (Å²) in [6.45, 7) is 5.84. The van der Waals surface area contributed by atoms with Crippen molar-refractivity contribution in [2.45, 2.75) is 39.3 Å². The van der Waals surface area contributed by atoms with Crippen molar-refractivity contribution in [1.82, 2.24) is 0 Å². The van der Waals surface area contributed by atoms with Crippen LogP contribution in [0.25, 0.3) is 0 Å². The van der Waals surface area contributed by atoms with Gasteiger partial charge in [-0.25, -0.2) is 4.79 Å². The third kappa shape index (κ3) is 12.7. The molecule has 4 N–H and O–H groups in total. The SMILES string of the molecule is CC.CCOC(CC(N)C(=O)O)C(=O)O.CF. The third-order valence-electron chi connectivity index (χ3n) is 1.43. The number of carboxylic acid groups (broad SMARTS) is 2. The number of alkyl halides is 1. The molecule has 0 aromatic carbocycles. The highest BCUT2D eigenvalue weighted by Crippen LogP contribution is 2.02. The number of hydrogen-bond acceptors (Lipinski definition) is 4. The monoisotopic (exact) mass is 255 g/mol.